The van der Waals surface area contributed by atoms with Crippen molar-refractivity contribution in [1.29, 1.82) is 0 Å². The van der Waals surface area contributed by atoms with Gasteiger partial charge in [0.2, 0.25) is 5.95 Å². The molecule has 1 aliphatic rings. The zero-order chi connectivity index (χ0) is 17.2. The van der Waals surface area contributed by atoms with Gasteiger partial charge in [0.15, 0.2) is 0 Å². The molecule has 1 fully saturated rings. The maximum absolute atomic E-state index is 13.5. The third-order valence-electron chi connectivity index (χ3n) is 4.08. The number of hydrogen-bond acceptors (Lipinski definition) is 5. The fourth-order valence-corrected chi connectivity index (χ4v) is 2.74. The lowest BCUT2D eigenvalue weighted by molar-refractivity contribution is -0.148. The Hall–Kier alpha value is -2.38. The van der Waals surface area contributed by atoms with Crippen LogP contribution in [0.5, 0.6) is 0 Å². The molecule has 0 aliphatic carbocycles. The number of nitrogens with zero attached hydrogens (tertiary/aromatic N) is 5. The van der Waals surface area contributed by atoms with Crippen molar-refractivity contribution >= 4 is 11.8 Å². The van der Waals surface area contributed by atoms with Crippen molar-refractivity contribution < 1.29 is 13.2 Å². The minimum absolute atomic E-state index is 0.208. The minimum Gasteiger partial charge on any atom is -0.341 e. The number of alkyl halides is 3. The van der Waals surface area contributed by atoms with Gasteiger partial charge in [0.1, 0.15) is 11.9 Å². The molecule has 0 N–H and O–H groups in total. The van der Waals surface area contributed by atoms with E-state index in [1.807, 2.05) is 6.92 Å². The Morgan fingerprint density at radius 1 is 1.12 bits per heavy atom. The van der Waals surface area contributed by atoms with Crippen molar-refractivity contribution in [2.24, 2.45) is 0 Å². The highest BCUT2D eigenvalue weighted by Gasteiger charge is 2.47. The van der Waals surface area contributed by atoms with Gasteiger partial charge in [-0.15, -0.1) is 0 Å². The van der Waals surface area contributed by atoms with E-state index >= 15 is 0 Å². The molecule has 8 heteroatoms. The predicted molar refractivity (Wildman–Crippen MR) is 85.0 cm³/mol. The van der Waals surface area contributed by atoms with Gasteiger partial charge in [-0.3, -0.25) is 0 Å². The topological polar surface area (TPSA) is 45.2 Å². The summed E-state index contributed by atoms with van der Waals surface area (Å²) in [6.07, 6.45) is 1.26. The summed E-state index contributed by atoms with van der Waals surface area (Å²) >= 11 is 0. The summed E-state index contributed by atoms with van der Waals surface area (Å²) in [5, 5.41) is 0. The highest BCUT2D eigenvalue weighted by Crippen LogP contribution is 2.31. The maximum atomic E-state index is 13.5. The van der Waals surface area contributed by atoms with Gasteiger partial charge in [-0.05, 0) is 24.1 Å². The molecular weight excluding hydrogens is 319 g/mol. The molecule has 24 heavy (non-hydrogen) atoms. The molecule has 0 aromatic carbocycles. The summed E-state index contributed by atoms with van der Waals surface area (Å²) in [5.41, 5.74) is 0.957. The van der Waals surface area contributed by atoms with Crippen molar-refractivity contribution in [3.8, 4) is 0 Å². The molecule has 3 heterocycles. The van der Waals surface area contributed by atoms with E-state index in [1.54, 1.807) is 35.5 Å². The quantitative estimate of drug-likeness (QED) is 0.862. The number of rotatable bonds is 3. The van der Waals surface area contributed by atoms with Gasteiger partial charge in [0.25, 0.3) is 0 Å². The Balaban J connectivity index is 1.83. The summed E-state index contributed by atoms with van der Waals surface area (Å²) in [4.78, 5) is 15.3. The lowest BCUT2D eigenvalue weighted by atomic mass is 10.1. The van der Waals surface area contributed by atoms with Crippen LogP contribution in [0.3, 0.4) is 0 Å². The lowest BCUT2D eigenvalue weighted by Crippen LogP contribution is -2.60. The molecule has 0 saturated carbocycles. The molecule has 128 valence electrons. The van der Waals surface area contributed by atoms with E-state index in [0.717, 1.165) is 12.0 Å². The van der Waals surface area contributed by atoms with Crippen LogP contribution in [-0.2, 0) is 6.42 Å². The number of aryl methyl sites for hydroxylation is 1. The van der Waals surface area contributed by atoms with Crippen LogP contribution in [0.2, 0.25) is 0 Å². The van der Waals surface area contributed by atoms with Crippen LogP contribution >= 0.6 is 0 Å². The second kappa shape index (κ2) is 6.62. The second-order valence-electron chi connectivity index (χ2n) is 5.63. The van der Waals surface area contributed by atoms with E-state index in [4.69, 9.17) is 0 Å². The summed E-state index contributed by atoms with van der Waals surface area (Å²) < 4.78 is 40.6. The second-order valence-corrected chi connectivity index (χ2v) is 5.63. The monoisotopic (exact) mass is 337 g/mol. The van der Waals surface area contributed by atoms with Crippen LogP contribution in [0.25, 0.3) is 0 Å². The molecule has 0 radical (unpaired) electrons. The van der Waals surface area contributed by atoms with Gasteiger partial charge in [-0.25, -0.2) is 15.0 Å². The van der Waals surface area contributed by atoms with Crippen LogP contribution in [0.15, 0.2) is 36.8 Å². The maximum Gasteiger partial charge on any atom is 0.410 e. The zero-order valence-corrected chi connectivity index (χ0v) is 13.2. The third-order valence-corrected chi connectivity index (χ3v) is 4.08. The largest absolute Gasteiger partial charge is 0.410 e. The summed E-state index contributed by atoms with van der Waals surface area (Å²) in [5.74, 6) is 0.670. The van der Waals surface area contributed by atoms with E-state index in [9.17, 15) is 13.2 Å². The number of piperazine rings is 1. The Bertz CT molecular complexity index is 660. The Labute approximate surface area is 138 Å². The first kappa shape index (κ1) is 16.5. The Morgan fingerprint density at radius 2 is 1.88 bits per heavy atom. The highest BCUT2D eigenvalue weighted by atomic mass is 19.4. The Kier molecular flexibility index (Phi) is 4.55. The van der Waals surface area contributed by atoms with Crippen molar-refractivity contribution in [1.82, 2.24) is 15.0 Å². The summed E-state index contributed by atoms with van der Waals surface area (Å²) in [6, 6.07) is 3.33. The molecule has 1 aliphatic heterocycles. The summed E-state index contributed by atoms with van der Waals surface area (Å²) in [6.45, 7) is 2.38. The molecule has 0 amide bonds. The van der Waals surface area contributed by atoms with E-state index in [0.29, 0.717) is 18.3 Å². The van der Waals surface area contributed by atoms with Gasteiger partial charge < -0.3 is 9.80 Å². The SMILES string of the molecule is CCc1cnc(N2CCN(c3ccccn3)C(C(F)(F)F)C2)nc1. The van der Waals surface area contributed by atoms with E-state index in [2.05, 4.69) is 15.0 Å². The first-order chi connectivity index (χ1) is 11.5. The van der Waals surface area contributed by atoms with E-state index < -0.39 is 12.2 Å². The summed E-state index contributed by atoms with van der Waals surface area (Å²) in [7, 11) is 0. The molecule has 2 aromatic rings. The number of aromatic nitrogens is 3. The smallest absolute Gasteiger partial charge is 0.341 e. The first-order valence-electron chi connectivity index (χ1n) is 7.79. The molecule has 1 atom stereocenters. The minimum atomic E-state index is -4.36. The third kappa shape index (κ3) is 3.42. The van der Waals surface area contributed by atoms with Crippen molar-refractivity contribution in [2.45, 2.75) is 25.6 Å². The predicted octanol–water partition coefficient (Wildman–Crippen LogP) is 2.69. The average molecular weight is 337 g/mol. The molecule has 1 unspecified atom stereocenters. The van der Waals surface area contributed by atoms with Gasteiger partial charge >= 0.3 is 6.18 Å². The van der Waals surface area contributed by atoms with Gasteiger partial charge in [-0.2, -0.15) is 13.2 Å². The molecule has 0 bridgehead atoms. The van der Waals surface area contributed by atoms with Crippen molar-refractivity contribution in [3.05, 3.63) is 42.4 Å². The number of hydrogen-bond donors (Lipinski definition) is 0. The van der Waals surface area contributed by atoms with E-state index in [-0.39, 0.29) is 13.1 Å². The molecule has 3 rings (SSSR count). The standard InChI is InChI=1S/C16H18F3N5/c1-2-12-9-21-15(22-10-12)23-7-8-24(13(11-23)16(17,18)19)14-5-3-4-6-20-14/h3-6,9-10,13H,2,7-8,11H2,1H3. The normalized spacial score (nSPS) is 18.8. The fraction of sp³-hybridized carbons (Fsp3) is 0.438. The highest BCUT2D eigenvalue weighted by molar-refractivity contribution is 5.44. The molecule has 0 spiro atoms. The zero-order valence-electron chi connectivity index (χ0n) is 13.2. The number of pyridine rings is 1. The van der Waals surface area contributed by atoms with Gasteiger partial charge in [0, 0.05) is 31.7 Å². The molecule has 5 nitrogen and oxygen atoms in total. The molecule has 2 aromatic heterocycles. The van der Waals surface area contributed by atoms with Crippen molar-refractivity contribution in [3.63, 3.8) is 0 Å². The van der Waals surface area contributed by atoms with Crippen LogP contribution in [0, 0.1) is 0 Å². The van der Waals surface area contributed by atoms with Gasteiger partial charge in [0.05, 0.1) is 6.54 Å². The number of halogens is 3. The lowest BCUT2D eigenvalue weighted by Gasteiger charge is -2.42. The van der Waals surface area contributed by atoms with Crippen LogP contribution in [-0.4, -0.2) is 46.8 Å². The van der Waals surface area contributed by atoms with E-state index in [1.165, 1.54) is 11.1 Å². The average Bonchev–Trinajstić information content (AvgIpc) is 2.61. The van der Waals surface area contributed by atoms with Gasteiger partial charge in [-0.1, -0.05) is 13.0 Å². The first-order valence-corrected chi connectivity index (χ1v) is 7.79. The van der Waals surface area contributed by atoms with Crippen LogP contribution in [0.4, 0.5) is 24.9 Å². The number of anilines is 2. The Morgan fingerprint density at radius 3 is 2.46 bits per heavy atom. The molecular formula is C16H18F3N5. The van der Waals surface area contributed by atoms with Crippen LogP contribution in [0.1, 0.15) is 12.5 Å². The van der Waals surface area contributed by atoms with Crippen molar-refractivity contribution in [2.75, 3.05) is 29.4 Å². The van der Waals surface area contributed by atoms with Crippen LogP contribution < -0.4 is 9.80 Å². The molecule has 1 saturated heterocycles. The fourth-order valence-electron chi connectivity index (χ4n) is 2.74.